The Morgan fingerprint density at radius 2 is 1.89 bits per heavy atom. The van der Waals surface area contributed by atoms with Crippen molar-refractivity contribution in [1.29, 1.82) is 0 Å². The lowest BCUT2D eigenvalue weighted by Crippen LogP contribution is -1.99. The van der Waals surface area contributed by atoms with Crippen molar-refractivity contribution in [2.24, 2.45) is 0 Å². The van der Waals surface area contributed by atoms with E-state index in [4.69, 9.17) is 19.4 Å². The molecule has 0 aliphatic heterocycles. The summed E-state index contributed by atoms with van der Waals surface area (Å²) in [4.78, 5) is 16.0. The Labute approximate surface area is 167 Å². The Kier molecular flexibility index (Phi) is 5.08. The first-order valence-corrected chi connectivity index (χ1v) is 9.73. The molecule has 3 heterocycles. The lowest BCUT2D eigenvalue weighted by atomic mass is 10.2. The Morgan fingerprint density at radius 3 is 2.61 bits per heavy atom. The van der Waals surface area contributed by atoms with Gasteiger partial charge in [0.2, 0.25) is 0 Å². The van der Waals surface area contributed by atoms with E-state index in [-0.39, 0.29) is 0 Å². The van der Waals surface area contributed by atoms with E-state index in [0.29, 0.717) is 17.3 Å². The Hall–Kier alpha value is -3.19. The van der Waals surface area contributed by atoms with Crippen LogP contribution in [-0.2, 0) is 6.42 Å². The zero-order valence-electron chi connectivity index (χ0n) is 15.9. The first-order chi connectivity index (χ1) is 13.7. The van der Waals surface area contributed by atoms with Crippen LogP contribution in [0.4, 0.5) is 11.5 Å². The van der Waals surface area contributed by atoms with Crippen molar-refractivity contribution in [3.8, 4) is 22.9 Å². The fourth-order valence-electron chi connectivity index (χ4n) is 2.92. The van der Waals surface area contributed by atoms with Gasteiger partial charge in [-0.25, -0.2) is 9.97 Å². The summed E-state index contributed by atoms with van der Waals surface area (Å²) >= 11 is 1.69. The van der Waals surface area contributed by atoms with Crippen molar-refractivity contribution in [2.45, 2.75) is 13.3 Å². The lowest BCUT2D eigenvalue weighted by molar-refractivity contribution is 0.355. The summed E-state index contributed by atoms with van der Waals surface area (Å²) in [5, 5.41) is 4.42. The van der Waals surface area contributed by atoms with E-state index in [9.17, 15) is 0 Å². The van der Waals surface area contributed by atoms with E-state index in [1.54, 1.807) is 38.0 Å². The Bertz CT molecular complexity index is 1110. The number of benzene rings is 1. The van der Waals surface area contributed by atoms with Crippen LogP contribution in [0.3, 0.4) is 0 Å². The molecule has 0 aliphatic rings. The summed E-state index contributed by atoms with van der Waals surface area (Å²) in [5.74, 6) is 2.74. The van der Waals surface area contributed by atoms with E-state index < -0.39 is 0 Å². The maximum Gasteiger partial charge on any atom is 0.164 e. The molecular weight excluding hydrogens is 372 g/mol. The second-order valence-corrected chi connectivity index (χ2v) is 7.23. The fraction of sp³-hybridized carbons (Fsp3) is 0.190. The maximum absolute atomic E-state index is 5.41. The van der Waals surface area contributed by atoms with E-state index in [2.05, 4.69) is 23.3 Å². The number of nitrogens with zero attached hydrogens (tertiary/aromatic N) is 3. The highest BCUT2D eigenvalue weighted by molar-refractivity contribution is 7.18. The van der Waals surface area contributed by atoms with E-state index in [1.165, 1.54) is 4.88 Å². The third-order valence-corrected chi connectivity index (χ3v) is 5.53. The lowest BCUT2D eigenvalue weighted by Gasteiger charge is -2.12. The highest BCUT2D eigenvalue weighted by Gasteiger charge is 2.14. The molecule has 0 bridgehead atoms. The summed E-state index contributed by atoms with van der Waals surface area (Å²) in [7, 11) is 3.24. The molecule has 4 aromatic rings. The van der Waals surface area contributed by atoms with E-state index >= 15 is 0 Å². The van der Waals surface area contributed by atoms with Gasteiger partial charge < -0.3 is 14.8 Å². The molecule has 0 saturated carbocycles. The van der Waals surface area contributed by atoms with Crippen LogP contribution in [-0.4, -0.2) is 29.2 Å². The number of ether oxygens (including phenoxy) is 2. The SMILES string of the molecule is CCc1cc2c(Nc3ccc(OC)c(OC)c3)nc(-c3cccnc3)nc2s1. The normalized spacial score (nSPS) is 10.8. The van der Waals surface area contributed by atoms with E-state index in [1.807, 2.05) is 30.3 Å². The van der Waals surface area contributed by atoms with Crippen LogP contribution < -0.4 is 14.8 Å². The van der Waals surface area contributed by atoms with Gasteiger partial charge >= 0.3 is 0 Å². The summed E-state index contributed by atoms with van der Waals surface area (Å²) < 4.78 is 10.7. The summed E-state index contributed by atoms with van der Waals surface area (Å²) in [5.41, 5.74) is 1.74. The fourth-order valence-corrected chi connectivity index (χ4v) is 3.88. The average Bonchev–Trinajstić information content (AvgIpc) is 3.18. The highest BCUT2D eigenvalue weighted by Crippen LogP contribution is 2.35. The standard InChI is InChI=1S/C21H20N4O2S/c1-4-15-11-16-20(23-14-7-8-17(26-2)18(10-14)27-3)24-19(25-21(16)28-15)13-6-5-9-22-12-13/h5-12H,4H2,1-3H3,(H,23,24,25). The molecule has 0 fully saturated rings. The van der Waals surface area contributed by atoms with Gasteiger partial charge in [0.1, 0.15) is 10.6 Å². The third-order valence-electron chi connectivity index (χ3n) is 4.36. The van der Waals surface area contributed by atoms with Crippen molar-refractivity contribution in [3.05, 3.63) is 53.7 Å². The number of thiophene rings is 1. The predicted octanol–water partition coefficient (Wildman–Crippen LogP) is 5.08. The quantitative estimate of drug-likeness (QED) is 0.494. The summed E-state index contributed by atoms with van der Waals surface area (Å²) in [6.07, 6.45) is 4.47. The highest BCUT2D eigenvalue weighted by atomic mass is 32.1. The number of nitrogens with one attached hydrogen (secondary N) is 1. The number of rotatable bonds is 6. The minimum absolute atomic E-state index is 0.646. The van der Waals surface area contributed by atoms with Crippen molar-refractivity contribution in [1.82, 2.24) is 15.0 Å². The average molecular weight is 392 g/mol. The van der Waals surface area contributed by atoms with Crippen LogP contribution in [0.25, 0.3) is 21.6 Å². The molecular formula is C21H20N4O2S. The molecule has 0 aliphatic carbocycles. The molecule has 7 heteroatoms. The molecule has 6 nitrogen and oxygen atoms in total. The number of fused-ring (bicyclic) bond motifs is 1. The third kappa shape index (κ3) is 3.48. The molecule has 0 spiro atoms. The van der Waals surface area contributed by atoms with Crippen LogP contribution in [0.2, 0.25) is 0 Å². The topological polar surface area (TPSA) is 69.2 Å². The first-order valence-electron chi connectivity index (χ1n) is 8.91. The van der Waals surface area contributed by atoms with Crippen molar-refractivity contribution < 1.29 is 9.47 Å². The smallest absolute Gasteiger partial charge is 0.164 e. The van der Waals surface area contributed by atoms with Gasteiger partial charge in [-0.2, -0.15) is 0 Å². The number of hydrogen-bond acceptors (Lipinski definition) is 7. The largest absolute Gasteiger partial charge is 0.493 e. The van der Waals surface area contributed by atoms with Gasteiger partial charge in [0.15, 0.2) is 17.3 Å². The molecule has 0 atom stereocenters. The monoisotopic (exact) mass is 392 g/mol. The number of aryl methyl sites for hydroxylation is 1. The van der Waals surface area contributed by atoms with Crippen LogP contribution in [0.15, 0.2) is 48.8 Å². The second-order valence-electron chi connectivity index (χ2n) is 6.12. The predicted molar refractivity (Wildman–Crippen MR) is 113 cm³/mol. The van der Waals surface area contributed by atoms with Gasteiger partial charge in [-0.05, 0) is 36.8 Å². The zero-order chi connectivity index (χ0) is 19.5. The van der Waals surface area contributed by atoms with Crippen molar-refractivity contribution >= 4 is 33.1 Å². The van der Waals surface area contributed by atoms with Crippen LogP contribution in [0.5, 0.6) is 11.5 Å². The number of pyridine rings is 1. The summed E-state index contributed by atoms with van der Waals surface area (Å²) in [6.45, 7) is 2.14. The van der Waals surface area contributed by atoms with Crippen LogP contribution >= 0.6 is 11.3 Å². The van der Waals surface area contributed by atoms with Gasteiger partial charge in [-0.15, -0.1) is 11.3 Å². The molecule has 28 heavy (non-hydrogen) atoms. The molecule has 3 aromatic heterocycles. The van der Waals surface area contributed by atoms with E-state index in [0.717, 1.165) is 33.7 Å². The second kappa shape index (κ2) is 7.82. The number of aromatic nitrogens is 3. The molecule has 1 N–H and O–H groups in total. The Morgan fingerprint density at radius 1 is 1.04 bits per heavy atom. The number of hydrogen-bond donors (Lipinski definition) is 1. The number of anilines is 2. The van der Waals surface area contributed by atoms with Crippen LogP contribution in [0.1, 0.15) is 11.8 Å². The molecule has 4 rings (SSSR count). The van der Waals surface area contributed by atoms with Crippen molar-refractivity contribution in [2.75, 3.05) is 19.5 Å². The molecule has 0 amide bonds. The summed E-state index contributed by atoms with van der Waals surface area (Å²) in [6, 6.07) is 11.7. The molecule has 1 aromatic carbocycles. The molecule has 0 saturated heterocycles. The van der Waals surface area contributed by atoms with Crippen LogP contribution in [0, 0.1) is 0 Å². The first kappa shape index (κ1) is 18.2. The zero-order valence-corrected chi connectivity index (χ0v) is 16.7. The number of methoxy groups -OCH3 is 2. The van der Waals surface area contributed by atoms with Gasteiger partial charge in [0.05, 0.1) is 19.6 Å². The van der Waals surface area contributed by atoms with Gasteiger partial charge in [0, 0.05) is 34.6 Å². The Balaban J connectivity index is 1.82. The van der Waals surface area contributed by atoms with Crippen molar-refractivity contribution in [3.63, 3.8) is 0 Å². The van der Waals surface area contributed by atoms with Gasteiger partial charge in [-0.1, -0.05) is 6.92 Å². The molecule has 0 unspecified atom stereocenters. The maximum atomic E-state index is 5.41. The van der Waals surface area contributed by atoms with Gasteiger partial charge in [-0.3, -0.25) is 4.98 Å². The molecule has 142 valence electrons. The van der Waals surface area contributed by atoms with Gasteiger partial charge in [0.25, 0.3) is 0 Å². The minimum atomic E-state index is 0.646. The molecule has 0 radical (unpaired) electrons. The minimum Gasteiger partial charge on any atom is -0.493 e.